The average molecular weight is 413 g/mol. The minimum atomic E-state index is -0.466. The van der Waals surface area contributed by atoms with Crippen LogP contribution in [0.5, 0.6) is 0 Å². The van der Waals surface area contributed by atoms with Crippen molar-refractivity contribution in [3.05, 3.63) is 41.3 Å². The van der Waals surface area contributed by atoms with Crippen molar-refractivity contribution in [1.82, 2.24) is 20.6 Å². The predicted molar refractivity (Wildman–Crippen MR) is 113 cm³/mol. The van der Waals surface area contributed by atoms with Crippen LogP contribution >= 0.6 is 0 Å². The van der Waals surface area contributed by atoms with E-state index < -0.39 is 5.82 Å². The van der Waals surface area contributed by atoms with E-state index in [1.165, 1.54) is 6.20 Å². The third-order valence-corrected chi connectivity index (χ3v) is 5.85. The Morgan fingerprint density at radius 2 is 2.03 bits per heavy atom. The van der Waals surface area contributed by atoms with E-state index in [0.717, 1.165) is 50.8 Å². The number of halogens is 1. The number of rotatable bonds is 7. The van der Waals surface area contributed by atoms with E-state index in [1.807, 2.05) is 6.07 Å². The summed E-state index contributed by atoms with van der Waals surface area (Å²) in [6.07, 6.45) is 6.11. The molecule has 160 valence electrons. The highest BCUT2D eigenvalue weighted by molar-refractivity contribution is 5.97. The number of anilines is 1. The van der Waals surface area contributed by atoms with Crippen LogP contribution in [-0.2, 0) is 11.2 Å². The van der Waals surface area contributed by atoms with Crippen molar-refractivity contribution in [1.29, 1.82) is 0 Å². The zero-order valence-corrected chi connectivity index (χ0v) is 17.2. The fourth-order valence-corrected chi connectivity index (χ4v) is 4.20. The minimum absolute atomic E-state index is 0.0828. The first-order valence-corrected chi connectivity index (χ1v) is 10.6. The van der Waals surface area contributed by atoms with Gasteiger partial charge >= 0.3 is 0 Å². The van der Waals surface area contributed by atoms with Gasteiger partial charge in [-0.05, 0) is 49.8 Å². The van der Waals surface area contributed by atoms with E-state index in [-0.39, 0.29) is 17.6 Å². The van der Waals surface area contributed by atoms with Crippen LogP contribution in [-0.4, -0.2) is 54.8 Å². The molecule has 30 heavy (non-hydrogen) atoms. The normalized spacial score (nSPS) is 21.1. The highest BCUT2D eigenvalue weighted by Crippen LogP contribution is 2.27. The Hall–Kier alpha value is -2.58. The number of aromatic nitrogens is 2. The average Bonchev–Trinajstić information content (AvgIpc) is 2.76. The molecule has 1 aliphatic heterocycles. The van der Waals surface area contributed by atoms with Gasteiger partial charge in [0.2, 0.25) is 5.95 Å². The summed E-state index contributed by atoms with van der Waals surface area (Å²) in [6.45, 7) is 2.18. The molecule has 8 heteroatoms. The number of carbonyl (C=O) groups excluding carboxylic acids is 1. The molecule has 2 heterocycles. The number of benzene rings is 1. The number of methoxy groups -OCH3 is 1. The summed E-state index contributed by atoms with van der Waals surface area (Å²) in [6, 6.07) is 6.13. The van der Waals surface area contributed by atoms with Gasteiger partial charge in [-0.1, -0.05) is 6.07 Å². The van der Waals surface area contributed by atoms with E-state index in [1.54, 1.807) is 19.2 Å². The molecule has 1 saturated carbocycles. The van der Waals surface area contributed by atoms with E-state index >= 15 is 0 Å². The Morgan fingerprint density at radius 1 is 1.23 bits per heavy atom. The number of hydrogen-bond donors (Lipinski definition) is 3. The molecular weight excluding hydrogens is 385 g/mol. The first-order valence-electron chi connectivity index (χ1n) is 10.6. The van der Waals surface area contributed by atoms with Crippen molar-refractivity contribution in [2.45, 2.75) is 44.2 Å². The summed E-state index contributed by atoms with van der Waals surface area (Å²) in [5.74, 6) is -0.106. The maximum absolute atomic E-state index is 14.5. The van der Waals surface area contributed by atoms with Gasteiger partial charge in [-0.3, -0.25) is 4.79 Å². The molecule has 1 amide bonds. The van der Waals surface area contributed by atoms with E-state index in [4.69, 9.17) is 4.74 Å². The summed E-state index contributed by atoms with van der Waals surface area (Å²) in [5.41, 5.74) is 2.49. The van der Waals surface area contributed by atoms with Crippen LogP contribution in [0.1, 0.15) is 41.6 Å². The largest absolute Gasteiger partial charge is 0.383 e. The second-order valence-corrected chi connectivity index (χ2v) is 7.91. The zero-order valence-electron chi connectivity index (χ0n) is 17.2. The first kappa shape index (κ1) is 20.7. The van der Waals surface area contributed by atoms with Gasteiger partial charge in [-0.2, -0.15) is 0 Å². The molecule has 1 aromatic carbocycles. The molecule has 2 aromatic rings. The number of ether oxygens (including phenoxy) is 1. The molecule has 1 aromatic heterocycles. The topological polar surface area (TPSA) is 88.2 Å². The molecule has 0 bridgehead atoms. The summed E-state index contributed by atoms with van der Waals surface area (Å²) < 4.78 is 19.6. The third-order valence-electron chi connectivity index (χ3n) is 5.85. The first-order chi connectivity index (χ1) is 14.6. The molecule has 1 aliphatic carbocycles. The lowest BCUT2D eigenvalue weighted by Crippen LogP contribution is -2.38. The Labute approximate surface area is 175 Å². The van der Waals surface area contributed by atoms with Crippen LogP contribution in [0.2, 0.25) is 0 Å². The van der Waals surface area contributed by atoms with E-state index in [9.17, 15) is 9.18 Å². The molecule has 1 fully saturated rings. The van der Waals surface area contributed by atoms with Crippen LogP contribution < -0.4 is 16.0 Å². The second-order valence-electron chi connectivity index (χ2n) is 7.91. The lowest BCUT2D eigenvalue weighted by Gasteiger charge is -2.29. The Bertz CT molecular complexity index is 899. The quantitative estimate of drug-likeness (QED) is 0.605. The smallest absolute Gasteiger partial charge is 0.251 e. The van der Waals surface area contributed by atoms with Gasteiger partial charge in [-0.25, -0.2) is 14.4 Å². The van der Waals surface area contributed by atoms with Gasteiger partial charge in [-0.15, -0.1) is 0 Å². The maximum Gasteiger partial charge on any atom is 0.251 e. The summed E-state index contributed by atoms with van der Waals surface area (Å²) in [5, 5.41) is 9.70. The second kappa shape index (κ2) is 9.49. The molecule has 3 N–H and O–H groups in total. The van der Waals surface area contributed by atoms with E-state index in [0.29, 0.717) is 29.7 Å². The highest BCUT2D eigenvalue weighted by Gasteiger charge is 2.22. The van der Waals surface area contributed by atoms with Crippen molar-refractivity contribution < 1.29 is 13.9 Å². The van der Waals surface area contributed by atoms with Crippen LogP contribution in [0.3, 0.4) is 0 Å². The number of amides is 1. The molecular formula is C22H28FN5O2. The maximum atomic E-state index is 14.5. The number of carbonyl (C=O) groups is 1. The number of nitrogens with zero attached hydrogens (tertiary/aromatic N) is 2. The summed E-state index contributed by atoms with van der Waals surface area (Å²) in [4.78, 5) is 20.5. The summed E-state index contributed by atoms with van der Waals surface area (Å²) in [7, 11) is 1.71. The van der Waals surface area contributed by atoms with Gasteiger partial charge in [0.25, 0.3) is 5.91 Å². The monoisotopic (exact) mass is 413 g/mol. The van der Waals surface area contributed by atoms with Gasteiger partial charge in [0.15, 0.2) is 5.82 Å². The zero-order chi connectivity index (χ0) is 20.9. The number of nitrogens with one attached hydrogen (secondary N) is 3. The Kier molecular flexibility index (Phi) is 6.54. The lowest BCUT2D eigenvalue weighted by atomic mass is 9.91. The van der Waals surface area contributed by atoms with Crippen molar-refractivity contribution in [3.63, 3.8) is 0 Å². The van der Waals surface area contributed by atoms with Crippen molar-refractivity contribution in [2.24, 2.45) is 0 Å². The van der Waals surface area contributed by atoms with Gasteiger partial charge < -0.3 is 20.7 Å². The molecule has 4 rings (SSSR count). The Morgan fingerprint density at radius 3 is 2.83 bits per heavy atom. The summed E-state index contributed by atoms with van der Waals surface area (Å²) >= 11 is 0. The van der Waals surface area contributed by atoms with Crippen LogP contribution in [0, 0.1) is 5.82 Å². The van der Waals surface area contributed by atoms with Gasteiger partial charge in [0, 0.05) is 43.4 Å². The third kappa shape index (κ3) is 4.76. The van der Waals surface area contributed by atoms with E-state index in [2.05, 4.69) is 25.9 Å². The predicted octanol–water partition coefficient (Wildman–Crippen LogP) is 2.53. The molecule has 2 aliphatic rings. The van der Waals surface area contributed by atoms with Gasteiger partial charge in [0.1, 0.15) is 5.69 Å². The van der Waals surface area contributed by atoms with Crippen LogP contribution in [0.15, 0.2) is 24.4 Å². The fraction of sp³-hybridized carbons (Fsp3) is 0.500. The number of hydrogen-bond acceptors (Lipinski definition) is 6. The highest BCUT2D eigenvalue weighted by atomic mass is 19.1. The standard InChI is InChI=1S/C22H28FN5O2/c1-30-11-10-24-16-3-5-17(6-4-16)27-22-26-13-19(23)20(28-22)15-2-7-18-14(12-15)8-9-25-21(18)29/h2,7,12-13,16-17,24H,3-6,8-11H2,1H3,(H,25,29)(H,26,27,28)/t16-,17-. The van der Waals surface area contributed by atoms with Crippen LogP contribution in [0.4, 0.5) is 10.3 Å². The minimum Gasteiger partial charge on any atom is -0.383 e. The molecule has 0 atom stereocenters. The molecule has 0 unspecified atom stereocenters. The number of fused-ring (bicyclic) bond motifs is 1. The molecule has 0 spiro atoms. The lowest BCUT2D eigenvalue weighted by molar-refractivity contribution is 0.0946. The molecule has 7 nitrogen and oxygen atoms in total. The fourth-order valence-electron chi connectivity index (χ4n) is 4.20. The Balaban J connectivity index is 1.42. The van der Waals surface area contributed by atoms with Crippen LogP contribution in [0.25, 0.3) is 11.3 Å². The molecule has 0 radical (unpaired) electrons. The van der Waals surface area contributed by atoms with Gasteiger partial charge in [0.05, 0.1) is 12.8 Å². The van der Waals surface area contributed by atoms with Crippen molar-refractivity contribution in [3.8, 4) is 11.3 Å². The van der Waals surface area contributed by atoms with Crippen molar-refractivity contribution >= 4 is 11.9 Å². The SMILES string of the molecule is COCCN[C@H]1CC[C@H](Nc2ncc(F)c(-c3ccc4c(c3)CCNC4=O)n2)CC1. The molecule has 0 saturated heterocycles. The van der Waals surface area contributed by atoms with Crippen molar-refractivity contribution in [2.75, 3.05) is 32.1 Å².